The number of carbonyl (C=O) groups is 1. The summed E-state index contributed by atoms with van der Waals surface area (Å²) in [6.07, 6.45) is 4.73. The van der Waals surface area contributed by atoms with Crippen molar-refractivity contribution in [3.8, 4) is 11.5 Å². The molecule has 1 saturated heterocycles. The Bertz CT molecular complexity index is 709. The minimum atomic E-state index is -0.215. The van der Waals surface area contributed by atoms with Crippen LogP contribution in [0.4, 0.5) is 4.79 Å². The summed E-state index contributed by atoms with van der Waals surface area (Å²) < 4.78 is 5.97. The van der Waals surface area contributed by atoms with Crippen LogP contribution in [0, 0.1) is 0 Å². The quantitative estimate of drug-likeness (QED) is 0.872. The van der Waals surface area contributed by atoms with Gasteiger partial charge in [0.15, 0.2) is 0 Å². The summed E-state index contributed by atoms with van der Waals surface area (Å²) >= 11 is 0. The summed E-state index contributed by atoms with van der Waals surface area (Å²) in [6.45, 7) is 1.82. The molecule has 5 heteroatoms. The first-order valence-corrected chi connectivity index (χ1v) is 8.99. The lowest BCUT2D eigenvalue weighted by molar-refractivity contribution is 0.178. The number of para-hydroxylation sites is 2. The lowest BCUT2D eigenvalue weighted by Gasteiger charge is -2.30. The fourth-order valence-electron chi connectivity index (χ4n) is 3.55. The van der Waals surface area contributed by atoms with E-state index in [4.69, 9.17) is 4.74 Å². The van der Waals surface area contributed by atoms with Gasteiger partial charge in [0.25, 0.3) is 0 Å². The molecule has 2 amide bonds. The molecule has 0 aromatic heterocycles. The Hall–Kier alpha value is -2.53. The van der Waals surface area contributed by atoms with Crippen molar-refractivity contribution in [1.29, 1.82) is 0 Å². The minimum Gasteiger partial charge on any atom is -0.457 e. The van der Waals surface area contributed by atoms with Crippen LogP contribution in [0.2, 0.25) is 0 Å². The SMILES string of the molecule is O=C(NC1c2ccccc2Oc2ccccc21)NN1CCCCCC1. The molecule has 2 aliphatic rings. The van der Waals surface area contributed by atoms with Gasteiger partial charge >= 0.3 is 6.03 Å². The van der Waals surface area contributed by atoms with Crippen molar-refractivity contribution >= 4 is 6.03 Å². The van der Waals surface area contributed by atoms with Gasteiger partial charge in [0.2, 0.25) is 0 Å². The molecule has 2 heterocycles. The number of nitrogens with one attached hydrogen (secondary N) is 2. The Balaban J connectivity index is 1.54. The molecule has 2 aliphatic heterocycles. The van der Waals surface area contributed by atoms with Gasteiger partial charge in [-0.25, -0.2) is 9.80 Å². The third-order valence-corrected chi connectivity index (χ3v) is 4.82. The van der Waals surface area contributed by atoms with E-state index in [0.717, 1.165) is 48.6 Å². The number of urea groups is 1. The molecule has 2 aromatic rings. The minimum absolute atomic E-state index is 0.168. The standard InChI is InChI=1S/C20H23N3O2/c24-20(22-23-13-7-1-2-8-14-23)21-19-15-9-3-5-11-17(15)25-18-12-6-4-10-16(18)19/h3-6,9-12,19H,1-2,7-8,13-14H2,(H2,21,22,24). The number of ether oxygens (including phenoxy) is 1. The molecule has 2 N–H and O–H groups in total. The van der Waals surface area contributed by atoms with Crippen molar-refractivity contribution in [2.24, 2.45) is 0 Å². The number of hydrazine groups is 1. The molecule has 0 atom stereocenters. The maximum absolute atomic E-state index is 12.6. The second kappa shape index (κ2) is 7.15. The third kappa shape index (κ3) is 3.46. The van der Waals surface area contributed by atoms with Crippen molar-refractivity contribution in [1.82, 2.24) is 15.8 Å². The zero-order valence-electron chi connectivity index (χ0n) is 14.2. The fourth-order valence-corrected chi connectivity index (χ4v) is 3.55. The van der Waals surface area contributed by atoms with Crippen LogP contribution in [-0.2, 0) is 0 Å². The molecule has 0 aliphatic carbocycles. The predicted octanol–water partition coefficient (Wildman–Crippen LogP) is 3.97. The van der Waals surface area contributed by atoms with E-state index in [1.54, 1.807) is 0 Å². The van der Waals surface area contributed by atoms with Gasteiger partial charge in [0, 0.05) is 24.2 Å². The monoisotopic (exact) mass is 337 g/mol. The highest BCUT2D eigenvalue weighted by Crippen LogP contribution is 2.42. The van der Waals surface area contributed by atoms with Gasteiger partial charge in [0.1, 0.15) is 11.5 Å². The topological polar surface area (TPSA) is 53.6 Å². The Morgan fingerprint density at radius 3 is 2.04 bits per heavy atom. The zero-order chi connectivity index (χ0) is 17.1. The summed E-state index contributed by atoms with van der Waals surface area (Å²) in [6, 6.07) is 15.3. The summed E-state index contributed by atoms with van der Waals surface area (Å²) in [4.78, 5) is 12.6. The van der Waals surface area contributed by atoms with E-state index in [2.05, 4.69) is 10.7 Å². The lowest BCUT2D eigenvalue weighted by atomic mass is 9.95. The second-order valence-electron chi connectivity index (χ2n) is 6.60. The van der Waals surface area contributed by atoms with E-state index in [1.165, 1.54) is 12.8 Å². The molecule has 0 spiro atoms. The highest BCUT2D eigenvalue weighted by Gasteiger charge is 2.28. The number of nitrogens with zero attached hydrogens (tertiary/aromatic N) is 1. The molecule has 0 saturated carbocycles. The first-order chi connectivity index (χ1) is 12.3. The molecular weight excluding hydrogens is 314 g/mol. The molecule has 0 bridgehead atoms. The third-order valence-electron chi connectivity index (χ3n) is 4.82. The number of hydrogen-bond acceptors (Lipinski definition) is 3. The van der Waals surface area contributed by atoms with Crippen molar-refractivity contribution in [3.05, 3.63) is 59.7 Å². The van der Waals surface area contributed by atoms with E-state index >= 15 is 0 Å². The van der Waals surface area contributed by atoms with Crippen LogP contribution in [0.1, 0.15) is 42.9 Å². The van der Waals surface area contributed by atoms with Crippen molar-refractivity contribution < 1.29 is 9.53 Å². The average molecular weight is 337 g/mol. The van der Waals surface area contributed by atoms with E-state index in [0.29, 0.717) is 0 Å². The second-order valence-corrected chi connectivity index (χ2v) is 6.60. The normalized spacial score (nSPS) is 17.6. The molecular formula is C20H23N3O2. The van der Waals surface area contributed by atoms with E-state index in [-0.39, 0.29) is 12.1 Å². The number of fused-ring (bicyclic) bond motifs is 2. The number of amides is 2. The summed E-state index contributed by atoms with van der Waals surface area (Å²) in [7, 11) is 0. The van der Waals surface area contributed by atoms with E-state index in [9.17, 15) is 4.79 Å². The molecule has 5 nitrogen and oxygen atoms in total. The fraction of sp³-hybridized carbons (Fsp3) is 0.350. The first kappa shape index (κ1) is 16.0. The van der Waals surface area contributed by atoms with Crippen LogP contribution in [0.15, 0.2) is 48.5 Å². The number of hydrogen-bond donors (Lipinski definition) is 2. The zero-order valence-corrected chi connectivity index (χ0v) is 14.2. The van der Waals surface area contributed by atoms with Crippen LogP contribution in [0.25, 0.3) is 0 Å². The van der Waals surface area contributed by atoms with Gasteiger partial charge in [-0.3, -0.25) is 5.43 Å². The number of carbonyl (C=O) groups excluding carboxylic acids is 1. The largest absolute Gasteiger partial charge is 0.457 e. The van der Waals surface area contributed by atoms with E-state index < -0.39 is 0 Å². The van der Waals surface area contributed by atoms with Crippen molar-refractivity contribution in [2.45, 2.75) is 31.7 Å². The van der Waals surface area contributed by atoms with Crippen molar-refractivity contribution in [3.63, 3.8) is 0 Å². The van der Waals surface area contributed by atoms with Gasteiger partial charge in [-0.1, -0.05) is 49.2 Å². The van der Waals surface area contributed by atoms with Crippen LogP contribution in [0.5, 0.6) is 11.5 Å². The highest BCUT2D eigenvalue weighted by molar-refractivity contribution is 5.75. The predicted molar refractivity (Wildman–Crippen MR) is 96.5 cm³/mol. The Labute approximate surface area is 148 Å². The highest BCUT2D eigenvalue weighted by atomic mass is 16.5. The first-order valence-electron chi connectivity index (χ1n) is 8.99. The average Bonchev–Trinajstić information content (AvgIpc) is 2.90. The maximum atomic E-state index is 12.6. The molecule has 0 radical (unpaired) electrons. The summed E-state index contributed by atoms with van der Waals surface area (Å²) in [5, 5.41) is 5.15. The molecule has 1 fully saturated rings. The lowest BCUT2D eigenvalue weighted by Crippen LogP contribution is -2.48. The smallest absolute Gasteiger partial charge is 0.330 e. The molecule has 4 rings (SSSR count). The summed E-state index contributed by atoms with van der Waals surface area (Å²) in [5.41, 5.74) is 4.97. The Morgan fingerprint density at radius 2 is 1.44 bits per heavy atom. The van der Waals surface area contributed by atoms with Gasteiger partial charge in [-0.05, 0) is 25.0 Å². The van der Waals surface area contributed by atoms with Gasteiger partial charge in [0.05, 0.1) is 6.04 Å². The molecule has 2 aromatic carbocycles. The van der Waals surface area contributed by atoms with Crippen LogP contribution >= 0.6 is 0 Å². The van der Waals surface area contributed by atoms with Crippen LogP contribution in [-0.4, -0.2) is 24.1 Å². The summed E-state index contributed by atoms with van der Waals surface area (Å²) in [5.74, 6) is 1.59. The maximum Gasteiger partial charge on any atom is 0.330 e. The number of benzene rings is 2. The van der Waals surface area contributed by atoms with Crippen LogP contribution < -0.4 is 15.5 Å². The molecule has 130 valence electrons. The molecule has 25 heavy (non-hydrogen) atoms. The Kier molecular flexibility index (Phi) is 4.57. The van der Waals surface area contributed by atoms with Gasteiger partial charge in [-0.15, -0.1) is 0 Å². The molecule has 0 unspecified atom stereocenters. The van der Waals surface area contributed by atoms with Gasteiger partial charge in [-0.2, -0.15) is 0 Å². The van der Waals surface area contributed by atoms with Crippen LogP contribution in [0.3, 0.4) is 0 Å². The number of rotatable bonds is 2. The van der Waals surface area contributed by atoms with E-state index in [1.807, 2.05) is 53.5 Å². The van der Waals surface area contributed by atoms with Gasteiger partial charge < -0.3 is 10.1 Å². The Morgan fingerprint density at radius 1 is 0.880 bits per heavy atom. The van der Waals surface area contributed by atoms with Crippen molar-refractivity contribution in [2.75, 3.05) is 13.1 Å².